The molecule has 0 aliphatic heterocycles. The number of anilines is 1. The minimum Gasteiger partial charge on any atom is -0.373 e. The highest BCUT2D eigenvalue weighted by molar-refractivity contribution is 6.30. The van der Waals surface area contributed by atoms with Gasteiger partial charge in [-0.1, -0.05) is 23.7 Å². The third-order valence-corrected chi connectivity index (χ3v) is 7.26. The summed E-state index contributed by atoms with van der Waals surface area (Å²) in [6.45, 7) is 0.544. The normalized spacial score (nSPS) is 17.6. The van der Waals surface area contributed by atoms with Gasteiger partial charge in [0.05, 0.1) is 33.5 Å². The number of pyridine rings is 2. The van der Waals surface area contributed by atoms with E-state index in [2.05, 4.69) is 20.6 Å². The van der Waals surface area contributed by atoms with E-state index >= 15 is 0 Å². The fourth-order valence-corrected chi connectivity index (χ4v) is 5.27. The quantitative estimate of drug-likeness (QED) is 0.336. The van der Waals surface area contributed by atoms with Gasteiger partial charge >= 0.3 is 5.69 Å². The van der Waals surface area contributed by atoms with Crippen molar-refractivity contribution in [2.45, 2.75) is 44.7 Å². The van der Waals surface area contributed by atoms with E-state index in [1.165, 1.54) is 6.07 Å². The molecule has 0 bridgehead atoms. The van der Waals surface area contributed by atoms with E-state index in [0.717, 1.165) is 30.1 Å². The van der Waals surface area contributed by atoms with Crippen molar-refractivity contribution in [3.63, 3.8) is 0 Å². The summed E-state index contributed by atoms with van der Waals surface area (Å²) < 4.78 is 30.1. The average molecular weight is 541 g/mol. The number of carbonyl (C=O) groups is 1. The fourth-order valence-electron chi connectivity index (χ4n) is 5.12. The highest BCUT2D eigenvalue weighted by Gasteiger charge is 2.27. The van der Waals surface area contributed by atoms with E-state index in [0.29, 0.717) is 30.9 Å². The summed E-state index contributed by atoms with van der Waals surface area (Å²) in [7, 11) is 1.79. The lowest BCUT2D eigenvalue weighted by molar-refractivity contribution is 0.0904. The topological polar surface area (TPSA) is 93.8 Å². The monoisotopic (exact) mass is 540 g/mol. The van der Waals surface area contributed by atoms with Crippen LogP contribution in [0.15, 0.2) is 59.7 Å². The zero-order valence-electron chi connectivity index (χ0n) is 20.7. The zero-order valence-corrected chi connectivity index (χ0v) is 21.5. The molecule has 1 saturated carbocycles. The number of fused-ring (bicyclic) bond motifs is 1. The number of nitrogens with one attached hydrogen (secondary N) is 2. The summed E-state index contributed by atoms with van der Waals surface area (Å²) in [5.41, 5.74) is 1.43. The Morgan fingerprint density at radius 3 is 2.47 bits per heavy atom. The van der Waals surface area contributed by atoms with Gasteiger partial charge in [-0.15, -0.1) is 0 Å². The van der Waals surface area contributed by atoms with Crippen molar-refractivity contribution in [2.24, 2.45) is 5.92 Å². The van der Waals surface area contributed by atoms with Crippen molar-refractivity contribution in [2.75, 3.05) is 12.4 Å². The molecule has 1 fully saturated rings. The Balaban J connectivity index is 1.30. The number of imidazole rings is 1. The molecule has 2 N–H and O–H groups in total. The van der Waals surface area contributed by atoms with Crippen LogP contribution in [0.5, 0.6) is 0 Å². The molecular formula is C27H27ClF2N6O2. The summed E-state index contributed by atoms with van der Waals surface area (Å²) in [6, 6.07) is 12.4. The molecule has 0 saturated heterocycles. The lowest BCUT2D eigenvalue weighted by Crippen LogP contribution is -2.39. The van der Waals surface area contributed by atoms with Crippen LogP contribution in [0, 0.1) is 5.92 Å². The van der Waals surface area contributed by atoms with E-state index < -0.39 is 18.0 Å². The molecule has 3 heterocycles. The van der Waals surface area contributed by atoms with Crippen molar-refractivity contribution in [1.82, 2.24) is 24.4 Å². The Hall–Kier alpha value is -3.79. The molecule has 0 radical (unpaired) electrons. The SMILES string of the molecule is CNc1ccc(-n2c(=O)n(CC3CCC(NC(=O)c4cc(Cl)cnc4C(F)F)CC3)c3ccccc32)cn1. The van der Waals surface area contributed by atoms with Gasteiger partial charge in [0.2, 0.25) is 0 Å². The molecule has 5 rings (SSSR count). The van der Waals surface area contributed by atoms with Crippen molar-refractivity contribution in [3.05, 3.63) is 81.6 Å². The van der Waals surface area contributed by atoms with Crippen LogP contribution >= 0.6 is 11.6 Å². The molecular weight excluding hydrogens is 514 g/mol. The van der Waals surface area contributed by atoms with Gasteiger partial charge in [-0.3, -0.25) is 18.9 Å². The smallest absolute Gasteiger partial charge is 0.333 e. The van der Waals surface area contributed by atoms with Gasteiger partial charge in [0.1, 0.15) is 11.5 Å². The van der Waals surface area contributed by atoms with Crippen LogP contribution in [-0.4, -0.2) is 38.1 Å². The maximum absolute atomic E-state index is 13.5. The standard InChI is InChI=1S/C27H27ClF2N6O2/c1-31-23-11-10-19(14-32-23)36-22-5-3-2-4-21(22)35(27(36)38)15-16-6-8-18(9-7-16)34-26(37)20-12-17(28)13-33-24(20)25(29)30/h2-5,10-14,16,18,25H,6-9,15H2,1H3,(H,31,32)(H,34,37). The van der Waals surface area contributed by atoms with Gasteiger partial charge in [0.15, 0.2) is 0 Å². The van der Waals surface area contributed by atoms with Gasteiger partial charge in [0.25, 0.3) is 12.3 Å². The Morgan fingerprint density at radius 1 is 1.08 bits per heavy atom. The second kappa shape index (κ2) is 10.9. The highest BCUT2D eigenvalue weighted by Crippen LogP contribution is 2.29. The molecule has 0 spiro atoms. The van der Waals surface area contributed by atoms with Crippen molar-refractivity contribution < 1.29 is 13.6 Å². The molecule has 1 amide bonds. The second-order valence-electron chi connectivity index (χ2n) is 9.45. The molecule has 0 unspecified atom stereocenters. The number of amides is 1. The van der Waals surface area contributed by atoms with Crippen LogP contribution in [0.4, 0.5) is 14.6 Å². The molecule has 38 heavy (non-hydrogen) atoms. The average Bonchev–Trinajstić information content (AvgIpc) is 3.20. The summed E-state index contributed by atoms with van der Waals surface area (Å²) in [4.78, 5) is 34.3. The second-order valence-corrected chi connectivity index (χ2v) is 9.88. The maximum Gasteiger partial charge on any atom is 0.333 e. The lowest BCUT2D eigenvalue weighted by Gasteiger charge is -2.29. The highest BCUT2D eigenvalue weighted by atomic mass is 35.5. The van der Waals surface area contributed by atoms with Crippen molar-refractivity contribution in [1.29, 1.82) is 0 Å². The molecule has 8 nitrogen and oxygen atoms in total. The Labute approximate surface area is 222 Å². The summed E-state index contributed by atoms with van der Waals surface area (Å²) in [5, 5.41) is 5.97. The molecule has 198 valence electrons. The first-order valence-electron chi connectivity index (χ1n) is 12.4. The minimum absolute atomic E-state index is 0.126. The number of carbonyl (C=O) groups excluding carboxylic acids is 1. The summed E-state index contributed by atoms with van der Waals surface area (Å²) in [6.07, 6.45) is 2.83. The third-order valence-electron chi connectivity index (χ3n) is 7.06. The Bertz CT molecular complexity index is 1510. The van der Waals surface area contributed by atoms with E-state index in [9.17, 15) is 18.4 Å². The van der Waals surface area contributed by atoms with Gasteiger partial charge in [0, 0.05) is 25.8 Å². The van der Waals surface area contributed by atoms with Crippen LogP contribution in [0.25, 0.3) is 16.7 Å². The van der Waals surface area contributed by atoms with Crippen LogP contribution < -0.4 is 16.3 Å². The third kappa shape index (κ3) is 5.13. The number of rotatable bonds is 7. The number of halogens is 3. The van der Waals surface area contributed by atoms with E-state index in [1.54, 1.807) is 22.4 Å². The fraction of sp³-hybridized carbons (Fsp3) is 0.333. The maximum atomic E-state index is 13.5. The molecule has 11 heteroatoms. The first-order valence-corrected chi connectivity index (χ1v) is 12.8. The van der Waals surface area contributed by atoms with Crippen molar-refractivity contribution in [3.8, 4) is 5.69 Å². The number of aromatic nitrogens is 4. The van der Waals surface area contributed by atoms with Gasteiger partial charge in [-0.2, -0.15) is 0 Å². The molecule has 4 aromatic rings. The molecule has 1 aliphatic rings. The predicted molar refractivity (Wildman–Crippen MR) is 142 cm³/mol. The number of hydrogen-bond acceptors (Lipinski definition) is 5. The van der Waals surface area contributed by atoms with Crippen LogP contribution in [0.2, 0.25) is 5.02 Å². The van der Waals surface area contributed by atoms with Crippen LogP contribution in [-0.2, 0) is 6.54 Å². The zero-order chi connectivity index (χ0) is 26.8. The first-order chi connectivity index (χ1) is 18.4. The van der Waals surface area contributed by atoms with Gasteiger partial charge in [-0.05, 0) is 61.9 Å². The van der Waals surface area contributed by atoms with Crippen LogP contribution in [0.3, 0.4) is 0 Å². The Morgan fingerprint density at radius 2 is 1.82 bits per heavy atom. The minimum atomic E-state index is -2.87. The van der Waals surface area contributed by atoms with E-state index in [4.69, 9.17) is 11.6 Å². The number of nitrogens with zero attached hydrogens (tertiary/aromatic N) is 4. The number of benzene rings is 1. The number of para-hydroxylation sites is 2. The van der Waals surface area contributed by atoms with E-state index in [-0.39, 0.29) is 28.2 Å². The first kappa shape index (κ1) is 25.8. The lowest BCUT2D eigenvalue weighted by atomic mass is 9.85. The van der Waals surface area contributed by atoms with Gasteiger partial charge in [-0.25, -0.2) is 18.6 Å². The van der Waals surface area contributed by atoms with E-state index in [1.807, 2.05) is 36.4 Å². The van der Waals surface area contributed by atoms with Gasteiger partial charge < -0.3 is 10.6 Å². The molecule has 0 atom stereocenters. The summed E-state index contributed by atoms with van der Waals surface area (Å²) in [5.74, 6) is 0.344. The van der Waals surface area contributed by atoms with Crippen LogP contribution in [0.1, 0.15) is 48.2 Å². The number of hydrogen-bond donors (Lipinski definition) is 2. The largest absolute Gasteiger partial charge is 0.373 e. The summed E-state index contributed by atoms with van der Waals surface area (Å²) >= 11 is 5.89. The molecule has 1 aliphatic carbocycles. The Kier molecular flexibility index (Phi) is 7.42. The predicted octanol–water partition coefficient (Wildman–Crippen LogP) is 5.20. The number of alkyl halides is 2. The molecule has 3 aromatic heterocycles. The molecule has 1 aromatic carbocycles. The van der Waals surface area contributed by atoms with Crippen molar-refractivity contribution >= 4 is 34.4 Å².